The van der Waals surface area contributed by atoms with E-state index in [2.05, 4.69) is 289 Å². The molecule has 0 radical (unpaired) electrons. The predicted octanol–water partition coefficient (Wildman–Crippen LogP) is 15.3. The predicted molar refractivity (Wildman–Crippen MR) is 303 cm³/mol. The van der Waals surface area contributed by atoms with Crippen molar-refractivity contribution in [3.05, 3.63) is 279 Å². The molecule has 4 heteroatoms. The third-order valence-electron chi connectivity index (χ3n) is 14.1. The summed E-state index contributed by atoms with van der Waals surface area (Å²) < 4.78 is 5.03. The molecular formula is C66H46N2SSi. The Morgan fingerprint density at radius 3 is 1.47 bits per heavy atom. The SMILES string of the molecule is c1ccc(-n2c3ccccc3c3c(-c4ccc(N(c5ccc(-c6ccc7sc8ccccc8c7c6)cc5)c5cccc([Si](c6ccccc6)(c6ccccc6)c6ccccc6)c5)cc4)cccc32)cc1. The monoisotopic (exact) mass is 926 g/mol. The second kappa shape index (κ2) is 17.5. The normalized spacial score (nSPS) is 11.7. The Morgan fingerprint density at radius 2 is 0.814 bits per heavy atom. The van der Waals surface area contributed by atoms with Gasteiger partial charge in [0.1, 0.15) is 0 Å². The van der Waals surface area contributed by atoms with Gasteiger partial charge in [0.25, 0.3) is 0 Å². The Bertz CT molecular complexity index is 3880. The summed E-state index contributed by atoms with van der Waals surface area (Å²) in [4.78, 5) is 2.44. The van der Waals surface area contributed by atoms with Crippen molar-refractivity contribution in [3.8, 4) is 27.9 Å². The summed E-state index contributed by atoms with van der Waals surface area (Å²) in [7, 11) is -2.82. The molecule has 0 saturated carbocycles. The van der Waals surface area contributed by atoms with Gasteiger partial charge in [-0.15, -0.1) is 11.3 Å². The van der Waals surface area contributed by atoms with Gasteiger partial charge in [0.05, 0.1) is 11.0 Å². The smallest absolute Gasteiger partial charge is 0.179 e. The van der Waals surface area contributed by atoms with Crippen LogP contribution in [0, 0.1) is 0 Å². The zero-order chi connectivity index (χ0) is 46.4. The topological polar surface area (TPSA) is 8.17 Å². The molecule has 2 heterocycles. The van der Waals surface area contributed by atoms with E-state index in [1.54, 1.807) is 0 Å². The zero-order valence-electron chi connectivity index (χ0n) is 38.4. The van der Waals surface area contributed by atoms with Crippen LogP contribution in [0.3, 0.4) is 0 Å². The molecule has 0 bridgehead atoms. The van der Waals surface area contributed by atoms with Gasteiger partial charge in [-0.05, 0) is 122 Å². The van der Waals surface area contributed by atoms with Crippen LogP contribution in [0.1, 0.15) is 0 Å². The number of hydrogen-bond donors (Lipinski definition) is 0. The molecule has 2 nitrogen and oxygen atoms in total. The first-order valence-corrected chi connectivity index (χ1v) is 26.8. The first-order valence-electron chi connectivity index (χ1n) is 24.0. The maximum absolute atomic E-state index is 2.82. The average Bonchev–Trinajstić information content (AvgIpc) is 3.99. The Morgan fingerprint density at radius 1 is 0.314 bits per heavy atom. The molecule has 11 aromatic carbocycles. The molecule has 2 aromatic heterocycles. The lowest BCUT2D eigenvalue weighted by atomic mass is 9.99. The number of fused-ring (bicyclic) bond motifs is 6. The van der Waals surface area contributed by atoms with E-state index in [0.29, 0.717) is 0 Å². The van der Waals surface area contributed by atoms with Gasteiger partial charge >= 0.3 is 0 Å². The summed E-state index contributed by atoms with van der Waals surface area (Å²) in [6.07, 6.45) is 0. The fourth-order valence-electron chi connectivity index (χ4n) is 11.0. The van der Waals surface area contributed by atoms with Crippen LogP contribution in [-0.4, -0.2) is 12.6 Å². The second-order valence-electron chi connectivity index (χ2n) is 18.0. The van der Waals surface area contributed by atoms with Crippen LogP contribution in [0.2, 0.25) is 0 Å². The number of hydrogen-bond acceptors (Lipinski definition) is 2. The molecule has 0 unspecified atom stereocenters. The summed E-state index contributed by atoms with van der Waals surface area (Å²) in [6.45, 7) is 0. The summed E-state index contributed by atoms with van der Waals surface area (Å²) in [6, 6.07) is 103. The van der Waals surface area contributed by atoms with E-state index in [1.165, 1.54) is 85.0 Å². The van der Waals surface area contributed by atoms with Crippen LogP contribution < -0.4 is 25.6 Å². The molecule has 0 aliphatic rings. The summed E-state index contributed by atoms with van der Waals surface area (Å²) >= 11 is 1.86. The molecule has 0 fully saturated rings. The van der Waals surface area contributed by atoms with E-state index >= 15 is 0 Å². The van der Waals surface area contributed by atoms with Crippen molar-refractivity contribution in [2.24, 2.45) is 0 Å². The maximum atomic E-state index is 2.47. The summed E-state index contributed by atoms with van der Waals surface area (Å²) in [5.74, 6) is 0. The number of aromatic nitrogens is 1. The fraction of sp³-hybridized carbons (Fsp3) is 0. The minimum atomic E-state index is -2.82. The van der Waals surface area contributed by atoms with E-state index in [-0.39, 0.29) is 0 Å². The molecule has 0 aliphatic heterocycles. The number of anilines is 3. The molecule has 13 rings (SSSR count). The van der Waals surface area contributed by atoms with Gasteiger partial charge in [-0.2, -0.15) is 0 Å². The first kappa shape index (κ1) is 41.6. The van der Waals surface area contributed by atoms with Crippen LogP contribution in [0.25, 0.3) is 69.9 Å². The van der Waals surface area contributed by atoms with Crippen LogP contribution >= 0.6 is 11.3 Å². The van der Waals surface area contributed by atoms with E-state index in [4.69, 9.17) is 0 Å². The Kier molecular flexibility index (Phi) is 10.4. The molecule has 0 N–H and O–H groups in total. The largest absolute Gasteiger partial charge is 0.311 e. The molecule has 70 heavy (non-hydrogen) atoms. The van der Waals surface area contributed by atoms with Gasteiger partial charge in [-0.1, -0.05) is 200 Å². The molecule has 0 amide bonds. The van der Waals surface area contributed by atoms with Crippen LogP contribution in [0.15, 0.2) is 279 Å². The molecule has 0 saturated heterocycles. The van der Waals surface area contributed by atoms with Crippen LogP contribution in [-0.2, 0) is 0 Å². The van der Waals surface area contributed by atoms with Gasteiger partial charge in [-0.3, -0.25) is 0 Å². The first-order chi connectivity index (χ1) is 34.7. The van der Waals surface area contributed by atoms with E-state index in [9.17, 15) is 0 Å². The lowest BCUT2D eigenvalue weighted by molar-refractivity contribution is 1.18. The van der Waals surface area contributed by atoms with E-state index < -0.39 is 8.07 Å². The highest BCUT2D eigenvalue weighted by Crippen LogP contribution is 2.42. The van der Waals surface area contributed by atoms with Gasteiger partial charge in [-0.25, -0.2) is 0 Å². The minimum Gasteiger partial charge on any atom is -0.311 e. The maximum Gasteiger partial charge on any atom is 0.179 e. The van der Waals surface area contributed by atoms with Crippen molar-refractivity contribution in [3.63, 3.8) is 0 Å². The van der Waals surface area contributed by atoms with E-state index in [0.717, 1.165) is 22.7 Å². The number of benzene rings is 11. The van der Waals surface area contributed by atoms with Crippen molar-refractivity contribution in [1.29, 1.82) is 0 Å². The van der Waals surface area contributed by atoms with Crippen LogP contribution in [0.4, 0.5) is 17.1 Å². The fourth-order valence-corrected chi connectivity index (χ4v) is 16.9. The minimum absolute atomic E-state index is 1.09. The quantitative estimate of drug-likeness (QED) is 0.0980. The Balaban J connectivity index is 0.976. The lowest BCUT2D eigenvalue weighted by Crippen LogP contribution is -2.74. The molecule has 0 spiro atoms. The van der Waals surface area contributed by atoms with Gasteiger partial charge < -0.3 is 9.47 Å². The third kappa shape index (κ3) is 6.99. The highest BCUT2D eigenvalue weighted by molar-refractivity contribution is 7.25. The van der Waals surface area contributed by atoms with Crippen molar-refractivity contribution in [2.45, 2.75) is 0 Å². The Labute approximate surface area is 413 Å². The van der Waals surface area contributed by atoms with Crippen molar-refractivity contribution in [2.75, 3.05) is 4.90 Å². The van der Waals surface area contributed by atoms with Crippen molar-refractivity contribution >= 4 is 99.2 Å². The van der Waals surface area contributed by atoms with Gasteiger partial charge in [0.15, 0.2) is 8.07 Å². The number of nitrogens with zero attached hydrogens (tertiary/aromatic N) is 2. The Hall–Kier alpha value is -8.54. The lowest BCUT2D eigenvalue weighted by Gasteiger charge is -2.35. The van der Waals surface area contributed by atoms with Gasteiger partial charge in [0, 0.05) is 53.7 Å². The molecule has 13 aromatic rings. The highest BCUT2D eigenvalue weighted by atomic mass is 32.1. The second-order valence-corrected chi connectivity index (χ2v) is 22.9. The third-order valence-corrected chi connectivity index (χ3v) is 20.1. The molecule has 330 valence electrons. The van der Waals surface area contributed by atoms with E-state index in [1.807, 2.05) is 11.3 Å². The van der Waals surface area contributed by atoms with Crippen molar-refractivity contribution in [1.82, 2.24) is 4.57 Å². The molecule has 0 aliphatic carbocycles. The standard InChI is InChI=1S/C66H46N2SSi/c1-5-19-50(20-6-1)68-62-32-15-13-30-60(62)66-58(31-18-33-63(66)68)48-37-42-52(43-38-48)67(51-40-35-47(36-41-51)49-39-44-65-61(45-49)59-29-14-16-34-64(59)69-65)53-21-17-28-57(46-53)70(54-22-7-2-8-23-54,55-24-9-3-10-25-55)56-26-11-4-12-27-56/h1-46H. The summed E-state index contributed by atoms with van der Waals surface area (Å²) in [5.41, 5.74) is 11.6. The highest BCUT2D eigenvalue weighted by Gasteiger charge is 2.41. The zero-order valence-corrected chi connectivity index (χ0v) is 40.2. The summed E-state index contributed by atoms with van der Waals surface area (Å²) in [5, 5.41) is 10.5. The molecular weight excluding hydrogens is 881 g/mol. The van der Waals surface area contributed by atoms with Gasteiger partial charge in [0.2, 0.25) is 0 Å². The number of para-hydroxylation sites is 2. The molecule has 0 atom stereocenters. The van der Waals surface area contributed by atoms with Crippen LogP contribution in [0.5, 0.6) is 0 Å². The number of thiophene rings is 1. The average molecular weight is 927 g/mol. The van der Waals surface area contributed by atoms with Crippen molar-refractivity contribution < 1.29 is 0 Å². The number of rotatable bonds is 10.